The number of halogens is 1. The maximum atomic E-state index is 12.3. The van der Waals surface area contributed by atoms with E-state index in [4.69, 9.17) is 21.4 Å². The molecule has 0 unspecified atom stereocenters. The molecule has 1 aromatic carbocycles. The molecule has 0 saturated heterocycles. The number of hydrogen-bond acceptors (Lipinski definition) is 6. The molecule has 2 aromatic heterocycles. The molecule has 0 saturated carbocycles. The van der Waals surface area contributed by atoms with Crippen LogP contribution in [0.15, 0.2) is 41.6 Å². The minimum absolute atomic E-state index is 0.317. The van der Waals surface area contributed by atoms with Crippen molar-refractivity contribution in [2.45, 2.75) is 6.54 Å². The molecule has 0 atom stereocenters. The summed E-state index contributed by atoms with van der Waals surface area (Å²) in [6.45, 7) is -0.467. The lowest BCUT2D eigenvalue weighted by Gasteiger charge is -2.14. The van der Waals surface area contributed by atoms with E-state index in [1.54, 1.807) is 18.2 Å². The first-order chi connectivity index (χ1) is 12.0. The molecule has 9 nitrogen and oxygen atoms in total. The fourth-order valence-corrected chi connectivity index (χ4v) is 2.56. The second-order valence-electron chi connectivity index (χ2n) is 5.03. The Morgan fingerprint density at radius 1 is 1.32 bits per heavy atom. The highest BCUT2D eigenvalue weighted by atomic mass is 35.5. The highest BCUT2D eigenvalue weighted by Crippen LogP contribution is 2.34. The Kier molecular flexibility index (Phi) is 4.48. The van der Waals surface area contributed by atoms with Crippen LogP contribution >= 0.6 is 11.6 Å². The van der Waals surface area contributed by atoms with Gasteiger partial charge in [0.2, 0.25) is 0 Å². The van der Waals surface area contributed by atoms with E-state index in [0.717, 1.165) is 4.57 Å². The van der Waals surface area contributed by atoms with E-state index < -0.39 is 18.1 Å². The fraction of sp³-hybridized carbons (Fsp3) is 0.133. The average molecular weight is 362 g/mol. The van der Waals surface area contributed by atoms with Crippen molar-refractivity contribution in [2.24, 2.45) is 0 Å². The van der Waals surface area contributed by atoms with Gasteiger partial charge in [-0.15, -0.1) is 5.10 Å². The number of rotatable bonds is 5. The summed E-state index contributed by atoms with van der Waals surface area (Å²) in [5.74, 6) is -0.813. The third kappa shape index (κ3) is 3.36. The van der Waals surface area contributed by atoms with E-state index in [-0.39, 0.29) is 0 Å². The molecule has 0 aliphatic heterocycles. The highest BCUT2D eigenvalue weighted by molar-refractivity contribution is 6.31. The van der Waals surface area contributed by atoms with Crippen molar-refractivity contribution < 1.29 is 14.6 Å². The largest absolute Gasteiger partial charge is 0.495 e. The summed E-state index contributed by atoms with van der Waals surface area (Å²) in [5.41, 5.74) is 1.11. The number of aliphatic carboxylic acids is 1. The second kappa shape index (κ2) is 6.73. The maximum Gasteiger partial charge on any atom is 0.323 e. The second-order valence-corrected chi connectivity index (χ2v) is 5.47. The predicted octanol–water partition coefficient (Wildman–Crippen LogP) is 1.24. The predicted molar refractivity (Wildman–Crippen MR) is 88.0 cm³/mol. The first-order valence-electron chi connectivity index (χ1n) is 7.03. The molecule has 0 fully saturated rings. The van der Waals surface area contributed by atoms with Gasteiger partial charge in [-0.2, -0.15) is 4.68 Å². The number of pyridine rings is 1. The van der Waals surface area contributed by atoms with Gasteiger partial charge in [-0.05, 0) is 28.6 Å². The SMILES string of the molecule is COc1cn(CC(=O)O)c(=O)cc1-c1cc(Cl)ccc1-n1cnnn1. The number of aromatic nitrogens is 5. The summed E-state index contributed by atoms with van der Waals surface area (Å²) in [6, 6.07) is 6.31. The number of nitrogens with zero attached hydrogens (tertiary/aromatic N) is 5. The number of methoxy groups -OCH3 is 1. The molecule has 0 amide bonds. The average Bonchev–Trinajstić information content (AvgIpc) is 3.10. The molecule has 2 heterocycles. The number of carboxylic acids is 1. The Balaban J connectivity index is 2.23. The summed E-state index contributed by atoms with van der Waals surface area (Å²) < 4.78 is 7.80. The number of carbonyl (C=O) groups is 1. The summed E-state index contributed by atoms with van der Waals surface area (Å²) in [7, 11) is 1.43. The topological polar surface area (TPSA) is 112 Å². The minimum Gasteiger partial charge on any atom is -0.495 e. The van der Waals surface area contributed by atoms with Crippen molar-refractivity contribution in [1.82, 2.24) is 24.8 Å². The Morgan fingerprint density at radius 2 is 2.12 bits per heavy atom. The zero-order valence-corrected chi connectivity index (χ0v) is 13.7. The van der Waals surface area contributed by atoms with Gasteiger partial charge in [-0.3, -0.25) is 9.59 Å². The maximum absolute atomic E-state index is 12.3. The Bertz CT molecular complexity index is 984. The molecule has 128 valence electrons. The van der Waals surface area contributed by atoms with Crippen LogP contribution in [0.1, 0.15) is 0 Å². The fourth-order valence-electron chi connectivity index (χ4n) is 2.39. The van der Waals surface area contributed by atoms with Crippen LogP contribution in [-0.4, -0.2) is 43.0 Å². The smallest absolute Gasteiger partial charge is 0.323 e. The Hall–Kier alpha value is -3.20. The molecule has 0 aliphatic carbocycles. The molecule has 0 bridgehead atoms. The van der Waals surface area contributed by atoms with Gasteiger partial charge in [-0.1, -0.05) is 11.6 Å². The van der Waals surface area contributed by atoms with E-state index in [2.05, 4.69) is 15.5 Å². The van der Waals surface area contributed by atoms with Crippen molar-refractivity contribution in [3.05, 3.63) is 52.2 Å². The quantitative estimate of drug-likeness (QED) is 0.727. The standard InChI is InChI=1S/C15H12ClN5O4/c1-25-13-6-20(7-15(23)24)14(22)5-11(13)10-4-9(16)2-3-12(10)21-8-17-18-19-21/h2-6,8H,7H2,1H3,(H,23,24). The zero-order valence-electron chi connectivity index (χ0n) is 13.0. The summed E-state index contributed by atoms with van der Waals surface area (Å²) >= 11 is 6.10. The highest BCUT2D eigenvalue weighted by Gasteiger charge is 2.16. The van der Waals surface area contributed by atoms with Gasteiger partial charge in [0.05, 0.1) is 19.0 Å². The lowest BCUT2D eigenvalue weighted by atomic mass is 10.0. The van der Waals surface area contributed by atoms with Crippen molar-refractivity contribution in [1.29, 1.82) is 0 Å². The van der Waals surface area contributed by atoms with Crippen LogP contribution in [0.2, 0.25) is 5.02 Å². The molecule has 10 heteroatoms. The lowest BCUT2D eigenvalue weighted by molar-refractivity contribution is -0.137. The van der Waals surface area contributed by atoms with E-state index in [1.807, 2.05) is 0 Å². The van der Waals surface area contributed by atoms with Crippen LogP contribution < -0.4 is 10.3 Å². The molecule has 3 rings (SSSR count). The molecular formula is C15H12ClN5O4. The molecule has 1 N–H and O–H groups in total. The zero-order chi connectivity index (χ0) is 18.0. The third-order valence-electron chi connectivity index (χ3n) is 3.46. The molecule has 0 aliphatic rings. The third-order valence-corrected chi connectivity index (χ3v) is 3.69. The van der Waals surface area contributed by atoms with Gasteiger partial charge in [0.15, 0.2) is 0 Å². The van der Waals surface area contributed by atoms with Gasteiger partial charge in [-0.25, -0.2) is 0 Å². The van der Waals surface area contributed by atoms with Crippen LogP contribution in [0.25, 0.3) is 16.8 Å². The molecule has 0 spiro atoms. The van der Waals surface area contributed by atoms with Gasteiger partial charge < -0.3 is 14.4 Å². The Morgan fingerprint density at radius 3 is 2.76 bits per heavy atom. The van der Waals surface area contributed by atoms with Crippen molar-refractivity contribution in [3.63, 3.8) is 0 Å². The van der Waals surface area contributed by atoms with Crippen LogP contribution in [-0.2, 0) is 11.3 Å². The van der Waals surface area contributed by atoms with Gasteiger partial charge in [0.1, 0.15) is 18.6 Å². The number of carboxylic acid groups (broad SMARTS) is 1. The van der Waals surface area contributed by atoms with Crippen LogP contribution in [0.4, 0.5) is 0 Å². The van der Waals surface area contributed by atoms with Gasteiger partial charge >= 0.3 is 5.97 Å². The van der Waals surface area contributed by atoms with Crippen molar-refractivity contribution >= 4 is 17.6 Å². The summed E-state index contributed by atoms with van der Waals surface area (Å²) in [6.07, 6.45) is 2.75. The number of benzene rings is 1. The van der Waals surface area contributed by atoms with E-state index in [9.17, 15) is 9.59 Å². The van der Waals surface area contributed by atoms with Crippen LogP contribution in [0.5, 0.6) is 5.75 Å². The monoisotopic (exact) mass is 361 g/mol. The number of hydrogen-bond donors (Lipinski definition) is 1. The molecule has 25 heavy (non-hydrogen) atoms. The van der Waals surface area contributed by atoms with E-state index >= 15 is 0 Å². The summed E-state index contributed by atoms with van der Waals surface area (Å²) in [5, 5.41) is 20.4. The number of tetrazole rings is 1. The molecule has 0 radical (unpaired) electrons. The molecule has 3 aromatic rings. The first kappa shape index (κ1) is 16.7. The molecular weight excluding hydrogens is 350 g/mol. The lowest BCUT2D eigenvalue weighted by Crippen LogP contribution is -2.23. The van der Waals surface area contributed by atoms with Crippen molar-refractivity contribution in [3.8, 4) is 22.6 Å². The van der Waals surface area contributed by atoms with E-state index in [0.29, 0.717) is 27.6 Å². The summed E-state index contributed by atoms with van der Waals surface area (Å²) in [4.78, 5) is 23.1. The number of ether oxygens (including phenoxy) is 1. The van der Waals surface area contributed by atoms with Crippen LogP contribution in [0.3, 0.4) is 0 Å². The normalized spacial score (nSPS) is 10.6. The van der Waals surface area contributed by atoms with Crippen LogP contribution in [0, 0.1) is 0 Å². The first-order valence-corrected chi connectivity index (χ1v) is 7.41. The van der Waals surface area contributed by atoms with Gasteiger partial charge in [0, 0.05) is 22.2 Å². The van der Waals surface area contributed by atoms with Gasteiger partial charge in [0.25, 0.3) is 5.56 Å². The van der Waals surface area contributed by atoms with Crippen molar-refractivity contribution in [2.75, 3.05) is 7.11 Å². The van der Waals surface area contributed by atoms with E-state index in [1.165, 1.54) is 30.4 Å². The minimum atomic E-state index is -1.13. The Labute approximate surface area is 146 Å².